The molecule has 0 spiro atoms. The van der Waals surface area contributed by atoms with Gasteiger partial charge < -0.3 is 0 Å². The van der Waals surface area contributed by atoms with Gasteiger partial charge in [0.2, 0.25) is 0 Å². The van der Waals surface area contributed by atoms with Gasteiger partial charge in [-0.05, 0) is 0 Å². The molecule has 0 aromatic heterocycles. The maximum atomic E-state index is 6.00. The van der Waals surface area contributed by atoms with Crippen molar-refractivity contribution >= 4 is 27.9 Å². The Balaban J connectivity index is 4.85. The minimum absolute atomic E-state index is 0.237. The molecule has 0 aromatic rings. The molecule has 0 bridgehead atoms. The van der Waals surface area contributed by atoms with Crippen LogP contribution in [0.1, 0.15) is 20.8 Å². The van der Waals surface area contributed by atoms with Gasteiger partial charge in [0.05, 0.1) is 0 Å². The van der Waals surface area contributed by atoms with Crippen molar-refractivity contribution in [2.75, 3.05) is 19.8 Å². The standard InChI is InChI=1S/3C2H5O.3ClH.Ti/c3*1-2-3;;;;/h3*2H2,1H3;3*1H;/q3*-1;;;;+6/p-3. The van der Waals surface area contributed by atoms with Crippen molar-refractivity contribution in [3.63, 3.8) is 0 Å². The average Bonchev–Trinajstić information content (AvgIpc) is 1.84. The van der Waals surface area contributed by atoms with E-state index in [4.69, 9.17) is 37.9 Å². The van der Waals surface area contributed by atoms with Gasteiger partial charge in [-0.1, -0.05) is 0 Å². The van der Waals surface area contributed by atoms with Crippen molar-refractivity contribution < 1.29 is 22.0 Å². The molecule has 0 atom stereocenters. The van der Waals surface area contributed by atoms with Crippen molar-refractivity contribution in [3.8, 4) is 0 Å². The first-order valence-electron chi connectivity index (χ1n) is 4.17. The molecular weight excluding hydrogens is 274 g/mol. The molecule has 7 heteroatoms. The van der Waals surface area contributed by atoms with E-state index in [1.165, 1.54) is 0 Å². The van der Waals surface area contributed by atoms with E-state index in [1.54, 1.807) is 20.8 Å². The third-order valence-electron chi connectivity index (χ3n) is 1.28. The Morgan fingerprint density at radius 2 is 1.00 bits per heavy atom. The number of hydrogen-bond donors (Lipinski definition) is 0. The van der Waals surface area contributed by atoms with Crippen LogP contribution in [0.25, 0.3) is 0 Å². The van der Waals surface area contributed by atoms with Gasteiger partial charge in [0.15, 0.2) is 0 Å². The SMILES string of the molecule is CC[O][Ti]([Cl])([Cl])([Cl])([O]CC)[O]CC. The summed E-state index contributed by atoms with van der Waals surface area (Å²) in [6, 6.07) is 0. The summed E-state index contributed by atoms with van der Waals surface area (Å²) in [6.07, 6.45) is 0. The van der Waals surface area contributed by atoms with Crippen molar-refractivity contribution in [3.05, 3.63) is 0 Å². The van der Waals surface area contributed by atoms with Crippen LogP contribution in [0.5, 0.6) is 0 Å². The molecule has 0 aliphatic heterocycles. The Morgan fingerprint density at radius 3 is 1.15 bits per heavy atom. The van der Waals surface area contributed by atoms with Crippen LogP contribution in [0.4, 0.5) is 0 Å². The van der Waals surface area contributed by atoms with Crippen molar-refractivity contribution in [2.24, 2.45) is 0 Å². The first-order chi connectivity index (χ1) is 5.71. The first-order valence-corrected chi connectivity index (χ1v) is 12.5. The molecule has 0 aliphatic rings. The second-order valence-electron chi connectivity index (χ2n) is 2.46. The fourth-order valence-electron chi connectivity index (χ4n) is 0.970. The predicted molar refractivity (Wildman–Crippen MR) is 52.4 cm³/mol. The molecule has 0 aromatic carbocycles. The molecule has 13 heavy (non-hydrogen) atoms. The van der Waals surface area contributed by atoms with E-state index in [0.717, 1.165) is 0 Å². The van der Waals surface area contributed by atoms with E-state index in [2.05, 4.69) is 0 Å². The molecular formula is C6H15Cl3O3Ti. The van der Waals surface area contributed by atoms with E-state index in [1.807, 2.05) is 0 Å². The predicted octanol–water partition coefficient (Wildman–Crippen LogP) is 3.53. The summed E-state index contributed by atoms with van der Waals surface area (Å²) in [5, 5.41) is 0. The third kappa shape index (κ3) is 4.67. The minimum atomic E-state index is -5.58. The van der Waals surface area contributed by atoms with Crippen LogP contribution in [0.15, 0.2) is 0 Å². The Bertz CT molecular complexity index is 160. The van der Waals surface area contributed by atoms with Crippen LogP contribution in [0, 0.1) is 0 Å². The number of hydrogen-bond acceptors (Lipinski definition) is 3. The molecule has 0 rings (SSSR count). The second kappa shape index (κ2) is 4.15. The monoisotopic (exact) mass is 288 g/mol. The van der Waals surface area contributed by atoms with Gasteiger partial charge in [-0.25, -0.2) is 0 Å². The molecule has 0 heterocycles. The number of halogens is 3. The van der Waals surface area contributed by atoms with E-state index in [0.29, 0.717) is 0 Å². The van der Waals surface area contributed by atoms with Crippen LogP contribution in [0.3, 0.4) is 0 Å². The molecule has 0 saturated heterocycles. The van der Waals surface area contributed by atoms with Crippen LogP contribution in [-0.2, 0) is 22.0 Å². The van der Waals surface area contributed by atoms with Gasteiger partial charge >= 0.3 is 90.5 Å². The third-order valence-corrected chi connectivity index (χ3v) is 9.32. The molecule has 0 saturated carbocycles. The zero-order valence-corrected chi connectivity index (χ0v) is 11.8. The van der Waals surface area contributed by atoms with E-state index in [9.17, 15) is 0 Å². The van der Waals surface area contributed by atoms with Crippen LogP contribution < -0.4 is 0 Å². The van der Waals surface area contributed by atoms with E-state index < -0.39 is 12.0 Å². The molecule has 0 unspecified atom stereocenters. The summed E-state index contributed by atoms with van der Waals surface area (Å²) in [5.41, 5.74) is 0. The zero-order chi connectivity index (χ0) is 10.7. The molecule has 0 aliphatic carbocycles. The topological polar surface area (TPSA) is 27.7 Å². The van der Waals surface area contributed by atoms with Crippen molar-refractivity contribution in [1.82, 2.24) is 0 Å². The average molecular weight is 289 g/mol. The van der Waals surface area contributed by atoms with Crippen LogP contribution in [0.2, 0.25) is 0 Å². The Hall–Kier alpha value is 1.46. The van der Waals surface area contributed by atoms with Gasteiger partial charge in [-0.3, -0.25) is 0 Å². The number of rotatable bonds is 6. The van der Waals surface area contributed by atoms with Crippen molar-refractivity contribution in [2.45, 2.75) is 20.8 Å². The quantitative estimate of drug-likeness (QED) is 0.700. The van der Waals surface area contributed by atoms with E-state index in [-0.39, 0.29) is 19.8 Å². The van der Waals surface area contributed by atoms with Gasteiger partial charge in [-0.15, -0.1) is 0 Å². The molecule has 0 N–H and O–H groups in total. The Kier molecular flexibility index (Phi) is 4.61. The summed E-state index contributed by atoms with van der Waals surface area (Å²) < 4.78 is 15.4. The fraction of sp³-hybridized carbons (Fsp3) is 1.00. The molecule has 0 fully saturated rings. The van der Waals surface area contributed by atoms with Crippen LogP contribution in [-0.4, -0.2) is 19.8 Å². The fourth-order valence-corrected chi connectivity index (χ4v) is 8.05. The summed E-state index contributed by atoms with van der Waals surface area (Å²) in [6.45, 7) is 5.86. The van der Waals surface area contributed by atoms with Gasteiger partial charge in [0, 0.05) is 0 Å². The molecule has 82 valence electrons. The van der Waals surface area contributed by atoms with Crippen molar-refractivity contribution in [1.29, 1.82) is 0 Å². The molecule has 3 nitrogen and oxygen atoms in total. The van der Waals surface area contributed by atoms with Gasteiger partial charge in [-0.2, -0.15) is 0 Å². The first kappa shape index (κ1) is 14.5. The van der Waals surface area contributed by atoms with E-state index >= 15 is 0 Å². The maximum absolute atomic E-state index is 6.00. The molecule has 0 amide bonds. The Labute approximate surface area is 90.0 Å². The summed E-state index contributed by atoms with van der Waals surface area (Å²) >= 11 is -5.58. The summed E-state index contributed by atoms with van der Waals surface area (Å²) in [4.78, 5) is 0. The zero-order valence-electron chi connectivity index (χ0n) is 7.98. The van der Waals surface area contributed by atoms with Crippen LogP contribution >= 0.6 is 27.9 Å². The van der Waals surface area contributed by atoms with Gasteiger partial charge in [0.1, 0.15) is 0 Å². The Morgan fingerprint density at radius 1 is 0.769 bits per heavy atom. The summed E-state index contributed by atoms with van der Waals surface area (Å²) in [7, 11) is 18.0. The normalized spacial score (nSPS) is 18.0. The van der Waals surface area contributed by atoms with Gasteiger partial charge in [0.25, 0.3) is 0 Å². The second-order valence-corrected chi connectivity index (χ2v) is 20.2. The summed E-state index contributed by atoms with van der Waals surface area (Å²) in [5.74, 6) is 0. The molecule has 0 radical (unpaired) electrons.